The molecule has 1 amide bonds. The average Bonchev–Trinajstić information content (AvgIpc) is 3.00. The molecule has 0 unspecified atom stereocenters. The smallest absolute Gasteiger partial charge is 0.410 e. The lowest BCUT2D eigenvalue weighted by atomic mass is 9.72. The summed E-state index contributed by atoms with van der Waals surface area (Å²) in [6, 6.07) is 0. The molecule has 0 radical (unpaired) electrons. The van der Waals surface area contributed by atoms with Gasteiger partial charge in [-0.25, -0.2) is 13.6 Å². The Morgan fingerprint density at radius 3 is 2.09 bits per heavy atom. The predicted molar refractivity (Wildman–Crippen MR) is 82.3 cm³/mol. The molecule has 0 aromatic rings. The number of fused-ring (bicyclic) bond motifs is 2. The Morgan fingerprint density at radius 1 is 1.17 bits per heavy atom. The Morgan fingerprint density at radius 2 is 1.70 bits per heavy atom. The number of hydrogen-bond acceptors (Lipinski definition) is 3. The summed E-state index contributed by atoms with van der Waals surface area (Å²) in [6.45, 7) is 8.88. The van der Waals surface area contributed by atoms with E-state index in [2.05, 4.69) is 0 Å². The second-order valence-corrected chi connectivity index (χ2v) is 7.31. The van der Waals surface area contributed by atoms with Gasteiger partial charge in [0.2, 0.25) is 5.60 Å². The van der Waals surface area contributed by atoms with E-state index in [0.717, 1.165) is 0 Å². The normalized spacial score (nSPS) is 31.3. The fraction of sp³-hybridized carbons (Fsp3) is 0.765. The minimum Gasteiger partial charge on any atom is -0.428 e. The number of carbonyl (C=O) groups excluding carboxylic acids is 2. The Hall–Kier alpha value is -1.46. The molecule has 0 N–H and O–H groups in total. The molecule has 23 heavy (non-hydrogen) atoms. The number of ketones is 1. The highest BCUT2D eigenvalue weighted by molar-refractivity contribution is 5.96. The summed E-state index contributed by atoms with van der Waals surface area (Å²) in [6.07, 6.45) is 2.32. The molecule has 0 saturated heterocycles. The van der Waals surface area contributed by atoms with E-state index in [1.807, 2.05) is 0 Å². The third-order valence-corrected chi connectivity index (χ3v) is 4.86. The number of carbonyl (C=O) groups is 2. The predicted octanol–water partition coefficient (Wildman–Crippen LogP) is 3.66. The molecule has 0 spiro atoms. The topological polar surface area (TPSA) is 46.6 Å². The first-order valence-electron chi connectivity index (χ1n) is 8.11. The lowest BCUT2D eigenvalue weighted by Crippen LogP contribution is -2.63. The fourth-order valence-electron chi connectivity index (χ4n) is 3.54. The van der Waals surface area contributed by atoms with Crippen LogP contribution in [0.2, 0.25) is 0 Å². The van der Waals surface area contributed by atoms with Gasteiger partial charge in [0.1, 0.15) is 0 Å². The first-order valence-corrected chi connectivity index (χ1v) is 8.11. The number of amides is 1. The maximum Gasteiger partial charge on any atom is 0.410 e. The molecule has 6 heteroatoms. The van der Waals surface area contributed by atoms with Crippen LogP contribution in [-0.2, 0) is 9.53 Å². The number of Topliss-reactive ketones (excluding diaryl/α,β-unsaturated/α-hetero) is 1. The highest BCUT2D eigenvalue weighted by Gasteiger charge is 2.76. The van der Waals surface area contributed by atoms with Gasteiger partial charge in [-0.05, 0) is 20.3 Å². The molecule has 0 aromatic heterocycles. The summed E-state index contributed by atoms with van der Waals surface area (Å²) in [5.74, 6) is -5.93. The Labute approximate surface area is 135 Å². The van der Waals surface area contributed by atoms with Crippen LogP contribution in [0.4, 0.5) is 13.6 Å². The van der Waals surface area contributed by atoms with Crippen molar-refractivity contribution >= 4 is 11.9 Å². The monoisotopic (exact) mass is 329 g/mol. The van der Waals surface area contributed by atoms with Crippen LogP contribution in [0, 0.1) is 17.3 Å². The van der Waals surface area contributed by atoms with E-state index in [0.29, 0.717) is 13.1 Å². The van der Waals surface area contributed by atoms with Crippen LogP contribution in [0.1, 0.15) is 41.0 Å². The van der Waals surface area contributed by atoms with E-state index in [-0.39, 0.29) is 6.42 Å². The van der Waals surface area contributed by atoms with Crippen LogP contribution in [0.3, 0.4) is 0 Å². The molecule has 1 fully saturated rings. The molecule has 2 aliphatic carbocycles. The van der Waals surface area contributed by atoms with E-state index < -0.39 is 40.7 Å². The largest absolute Gasteiger partial charge is 0.428 e. The van der Waals surface area contributed by atoms with Crippen molar-refractivity contribution in [3.05, 3.63) is 12.2 Å². The van der Waals surface area contributed by atoms with Crippen molar-refractivity contribution in [2.75, 3.05) is 13.1 Å². The van der Waals surface area contributed by atoms with Gasteiger partial charge in [-0.2, -0.15) is 0 Å². The van der Waals surface area contributed by atoms with E-state index >= 15 is 8.78 Å². The zero-order chi connectivity index (χ0) is 17.6. The Kier molecular flexibility index (Phi) is 4.33. The summed E-state index contributed by atoms with van der Waals surface area (Å²) in [4.78, 5) is 26.6. The van der Waals surface area contributed by atoms with Gasteiger partial charge in [-0.15, -0.1) is 0 Å². The third kappa shape index (κ3) is 2.46. The number of alkyl halides is 2. The molecular formula is C17H25F2NO3. The van der Waals surface area contributed by atoms with Gasteiger partial charge in [-0.3, -0.25) is 4.79 Å². The van der Waals surface area contributed by atoms with Crippen molar-refractivity contribution in [3.63, 3.8) is 0 Å². The van der Waals surface area contributed by atoms with Crippen LogP contribution in [0.15, 0.2) is 12.2 Å². The lowest BCUT2D eigenvalue weighted by Gasteiger charge is -2.43. The number of hydrogen-bond donors (Lipinski definition) is 0. The van der Waals surface area contributed by atoms with Crippen LogP contribution in [0.5, 0.6) is 0 Å². The van der Waals surface area contributed by atoms with Gasteiger partial charge in [0, 0.05) is 30.3 Å². The van der Waals surface area contributed by atoms with Crippen molar-refractivity contribution in [1.82, 2.24) is 4.90 Å². The number of halogens is 2. The molecule has 1 saturated carbocycles. The lowest BCUT2D eigenvalue weighted by molar-refractivity contribution is -0.202. The van der Waals surface area contributed by atoms with Crippen molar-refractivity contribution in [2.24, 2.45) is 17.3 Å². The quantitative estimate of drug-likeness (QED) is 0.740. The number of allylic oxidation sites excluding steroid dienone is 1. The second kappa shape index (κ2) is 5.56. The highest BCUT2D eigenvalue weighted by Crippen LogP contribution is 2.60. The maximum atomic E-state index is 15.0. The SMILES string of the molecule is CCN(CC)C(=O)O[C@]1(C(=O)C(C)(C)C)[C@@H]2C=C[C@@H](C2)C1(F)F. The number of nitrogens with zero attached hydrogens (tertiary/aromatic N) is 1. The van der Waals surface area contributed by atoms with Crippen LogP contribution in [0.25, 0.3) is 0 Å². The fourth-order valence-corrected chi connectivity index (χ4v) is 3.54. The first kappa shape index (κ1) is 17.9. The van der Waals surface area contributed by atoms with E-state index in [9.17, 15) is 9.59 Å². The number of rotatable bonds is 4. The molecule has 0 aliphatic heterocycles. The Bertz CT molecular complexity index is 534. The summed E-state index contributed by atoms with van der Waals surface area (Å²) in [7, 11) is 0. The van der Waals surface area contributed by atoms with Gasteiger partial charge in [0.05, 0.1) is 0 Å². The van der Waals surface area contributed by atoms with E-state index in [1.54, 1.807) is 40.7 Å². The van der Waals surface area contributed by atoms with Crippen LogP contribution in [-0.4, -0.2) is 41.4 Å². The molecular weight excluding hydrogens is 304 g/mol. The molecule has 2 rings (SSSR count). The van der Waals surface area contributed by atoms with Crippen molar-refractivity contribution < 1.29 is 23.1 Å². The maximum absolute atomic E-state index is 15.0. The highest BCUT2D eigenvalue weighted by atomic mass is 19.3. The minimum absolute atomic E-state index is 0.139. The molecule has 2 aliphatic rings. The third-order valence-electron chi connectivity index (χ3n) is 4.86. The van der Waals surface area contributed by atoms with Crippen LogP contribution >= 0.6 is 0 Å². The molecule has 130 valence electrons. The van der Waals surface area contributed by atoms with Crippen molar-refractivity contribution in [2.45, 2.75) is 52.6 Å². The van der Waals surface area contributed by atoms with E-state index in [1.165, 1.54) is 11.0 Å². The average molecular weight is 329 g/mol. The van der Waals surface area contributed by atoms with Gasteiger partial charge in [0.15, 0.2) is 5.78 Å². The zero-order valence-electron chi connectivity index (χ0n) is 14.4. The zero-order valence-corrected chi connectivity index (χ0v) is 14.4. The minimum atomic E-state index is -3.39. The summed E-state index contributed by atoms with van der Waals surface area (Å²) >= 11 is 0. The second-order valence-electron chi connectivity index (χ2n) is 7.31. The first-order chi connectivity index (χ1) is 10.5. The summed E-state index contributed by atoms with van der Waals surface area (Å²) in [5, 5.41) is 0. The molecule has 2 bridgehead atoms. The van der Waals surface area contributed by atoms with Crippen molar-refractivity contribution in [1.29, 1.82) is 0 Å². The summed E-state index contributed by atoms with van der Waals surface area (Å²) in [5.41, 5.74) is -3.43. The van der Waals surface area contributed by atoms with E-state index in [4.69, 9.17) is 4.74 Å². The van der Waals surface area contributed by atoms with Gasteiger partial charge >= 0.3 is 12.0 Å². The molecule has 4 nitrogen and oxygen atoms in total. The van der Waals surface area contributed by atoms with Gasteiger partial charge in [-0.1, -0.05) is 32.9 Å². The van der Waals surface area contributed by atoms with Crippen molar-refractivity contribution in [3.8, 4) is 0 Å². The summed E-state index contributed by atoms with van der Waals surface area (Å²) < 4.78 is 35.3. The van der Waals surface area contributed by atoms with Crippen LogP contribution < -0.4 is 0 Å². The number of ether oxygens (including phenoxy) is 1. The molecule has 0 aromatic carbocycles. The molecule has 0 heterocycles. The van der Waals surface area contributed by atoms with Gasteiger partial charge < -0.3 is 9.64 Å². The Balaban J connectivity index is 2.48. The van der Waals surface area contributed by atoms with Gasteiger partial charge in [0.25, 0.3) is 0 Å². The molecule has 3 atom stereocenters. The standard InChI is InChI=1S/C17H25F2NO3/c1-6-20(7-2)14(22)23-16(13(21)15(3,4)5)11-8-9-12(10-11)17(16,18)19/h8-9,11-12H,6-7,10H2,1-5H3/t11-,12+,16+/m1/s1.